The minimum absolute atomic E-state index is 0.118. The van der Waals surface area contributed by atoms with Gasteiger partial charge in [-0.15, -0.1) is 0 Å². The average molecular weight is 460 g/mol. The first kappa shape index (κ1) is 27.5. The Labute approximate surface area is 192 Å². The molecule has 3 heterocycles. The molecule has 1 aliphatic rings. The number of hydrogen-bond donors (Lipinski definition) is 2. The van der Waals surface area contributed by atoms with Gasteiger partial charge in [-0.05, 0) is 23.8 Å². The minimum atomic E-state index is -0.550. The third-order valence-corrected chi connectivity index (χ3v) is 4.57. The van der Waals surface area contributed by atoms with Gasteiger partial charge in [0, 0.05) is 19.2 Å². The molecule has 2 aromatic heterocycles. The number of benzene rings is 1. The van der Waals surface area contributed by atoms with Crippen molar-refractivity contribution in [1.29, 1.82) is 5.26 Å². The Morgan fingerprint density at radius 1 is 1.33 bits per heavy atom. The van der Waals surface area contributed by atoms with E-state index in [1.165, 1.54) is 12.4 Å². The van der Waals surface area contributed by atoms with E-state index in [1.807, 2.05) is 38.2 Å². The molecule has 3 unspecified atom stereocenters. The summed E-state index contributed by atoms with van der Waals surface area (Å²) < 4.78 is 25.5. The molecule has 0 saturated carbocycles. The Hall–Kier alpha value is -3.55. The van der Waals surface area contributed by atoms with Gasteiger partial charge < -0.3 is 20.3 Å². The lowest BCUT2D eigenvalue weighted by Crippen LogP contribution is -2.27. The standard InChI is InChI=1S/C14H14FNO3.C6H6N4.C2H6.CH4O/c1-9-12(7-16)18-8-13(9)19-14(17)6-10-4-2-3-5-11(10)15;7-6-5-2-1-3-10(5)9-4-8-6;2*1-2/h2-5,9,12-13H,6,8H2,1H3;1-4H,(H2,7,8,9);1-2H3;2H,1H3. The molecule has 9 nitrogen and oxygen atoms in total. The SMILES string of the molecule is CC.CC1C(C#N)OCC1OC(=O)Cc1ccccc1F.CO.Nc1ncnn2cccc12. The van der Waals surface area contributed by atoms with Crippen molar-refractivity contribution < 1.29 is 23.8 Å². The van der Waals surface area contributed by atoms with Crippen LogP contribution in [0.4, 0.5) is 10.2 Å². The Morgan fingerprint density at radius 3 is 2.64 bits per heavy atom. The highest BCUT2D eigenvalue weighted by atomic mass is 19.1. The highest BCUT2D eigenvalue weighted by Gasteiger charge is 2.36. The molecule has 1 aliphatic heterocycles. The summed E-state index contributed by atoms with van der Waals surface area (Å²) in [5.74, 6) is -0.594. The zero-order valence-corrected chi connectivity index (χ0v) is 19.2. The van der Waals surface area contributed by atoms with Crippen molar-refractivity contribution in [2.24, 2.45) is 5.92 Å². The molecule has 1 fully saturated rings. The number of ether oxygens (including phenoxy) is 2. The highest BCUT2D eigenvalue weighted by Crippen LogP contribution is 2.23. The molecule has 178 valence electrons. The maximum Gasteiger partial charge on any atom is 0.310 e. The van der Waals surface area contributed by atoms with Crippen LogP contribution in [0, 0.1) is 23.1 Å². The van der Waals surface area contributed by atoms with Gasteiger partial charge in [0.25, 0.3) is 0 Å². The monoisotopic (exact) mass is 459 g/mol. The van der Waals surface area contributed by atoms with Crippen molar-refractivity contribution in [2.75, 3.05) is 19.5 Å². The predicted molar refractivity (Wildman–Crippen MR) is 121 cm³/mol. The summed E-state index contributed by atoms with van der Waals surface area (Å²) in [7, 11) is 1.00. The number of carbonyl (C=O) groups excluding carboxylic acids is 1. The van der Waals surface area contributed by atoms with E-state index < -0.39 is 24.0 Å². The second-order valence-electron chi connectivity index (χ2n) is 6.52. The number of nitriles is 1. The van der Waals surface area contributed by atoms with Crippen molar-refractivity contribution in [3.63, 3.8) is 0 Å². The quantitative estimate of drug-likeness (QED) is 0.571. The van der Waals surface area contributed by atoms with E-state index in [-0.39, 0.29) is 18.9 Å². The number of nitrogen functional groups attached to an aromatic ring is 1. The lowest BCUT2D eigenvalue weighted by atomic mass is 10.0. The number of aliphatic hydroxyl groups is 1. The van der Waals surface area contributed by atoms with Gasteiger partial charge in [-0.3, -0.25) is 4.79 Å². The fraction of sp³-hybridized carbons (Fsp3) is 0.391. The Balaban J connectivity index is 0.000000325. The molecule has 10 heteroatoms. The van der Waals surface area contributed by atoms with Crippen molar-refractivity contribution in [3.05, 3.63) is 60.3 Å². The van der Waals surface area contributed by atoms with Gasteiger partial charge in [-0.1, -0.05) is 39.0 Å². The number of nitrogens with zero attached hydrogens (tertiary/aromatic N) is 4. The smallest absolute Gasteiger partial charge is 0.310 e. The van der Waals surface area contributed by atoms with E-state index in [9.17, 15) is 9.18 Å². The summed E-state index contributed by atoms with van der Waals surface area (Å²) in [5.41, 5.74) is 6.68. The Kier molecular flexibility index (Phi) is 12.1. The number of halogens is 1. The molecular weight excluding hydrogens is 429 g/mol. The van der Waals surface area contributed by atoms with E-state index in [2.05, 4.69) is 10.1 Å². The molecule has 4 rings (SSSR count). The Bertz CT molecular complexity index is 1040. The van der Waals surface area contributed by atoms with Crippen LogP contribution in [-0.2, 0) is 20.7 Å². The van der Waals surface area contributed by atoms with Gasteiger partial charge in [-0.25, -0.2) is 13.9 Å². The lowest BCUT2D eigenvalue weighted by Gasteiger charge is -2.15. The van der Waals surface area contributed by atoms with Crippen LogP contribution in [-0.4, -0.2) is 51.6 Å². The number of esters is 1. The molecule has 0 spiro atoms. The van der Waals surface area contributed by atoms with Crippen molar-refractivity contribution in [1.82, 2.24) is 14.6 Å². The summed E-state index contributed by atoms with van der Waals surface area (Å²) >= 11 is 0. The van der Waals surface area contributed by atoms with E-state index in [0.717, 1.165) is 12.6 Å². The van der Waals surface area contributed by atoms with Crippen LogP contribution < -0.4 is 5.73 Å². The largest absolute Gasteiger partial charge is 0.459 e. The first-order chi connectivity index (χ1) is 16.0. The number of carbonyl (C=O) groups is 1. The fourth-order valence-corrected chi connectivity index (χ4v) is 2.89. The molecular formula is C23H30FN5O4. The number of rotatable bonds is 3. The maximum atomic E-state index is 13.4. The summed E-state index contributed by atoms with van der Waals surface area (Å²) in [4.78, 5) is 15.6. The second kappa shape index (κ2) is 14.5. The number of anilines is 1. The van der Waals surface area contributed by atoms with Crippen LogP contribution in [0.25, 0.3) is 5.52 Å². The van der Waals surface area contributed by atoms with Crippen LogP contribution in [0.5, 0.6) is 0 Å². The topological polar surface area (TPSA) is 136 Å². The molecule has 3 N–H and O–H groups in total. The van der Waals surface area contributed by atoms with E-state index >= 15 is 0 Å². The lowest BCUT2D eigenvalue weighted by molar-refractivity contribution is -0.149. The number of aromatic nitrogens is 3. The number of nitrogens with two attached hydrogens (primary N) is 1. The van der Waals surface area contributed by atoms with Gasteiger partial charge >= 0.3 is 5.97 Å². The number of aliphatic hydroxyl groups excluding tert-OH is 1. The minimum Gasteiger partial charge on any atom is -0.459 e. The first-order valence-corrected chi connectivity index (χ1v) is 10.4. The number of hydrogen-bond acceptors (Lipinski definition) is 8. The molecule has 0 amide bonds. The Morgan fingerprint density at radius 2 is 2.03 bits per heavy atom. The van der Waals surface area contributed by atoms with Crippen LogP contribution in [0.1, 0.15) is 26.3 Å². The van der Waals surface area contributed by atoms with Gasteiger partial charge in [0.05, 0.1) is 19.1 Å². The maximum absolute atomic E-state index is 13.4. The van der Waals surface area contributed by atoms with E-state index in [4.69, 9.17) is 25.6 Å². The van der Waals surface area contributed by atoms with E-state index in [0.29, 0.717) is 11.4 Å². The third kappa shape index (κ3) is 7.82. The van der Waals surface area contributed by atoms with Crippen LogP contribution >= 0.6 is 0 Å². The van der Waals surface area contributed by atoms with Crippen molar-refractivity contribution in [3.8, 4) is 6.07 Å². The molecule has 0 bridgehead atoms. The zero-order chi connectivity index (χ0) is 24.8. The average Bonchev–Trinajstić information content (AvgIpc) is 3.46. The van der Waals surface area contributed by atoms with Gasteiger partial charge in [-0.2, -0.15) is 10.4 Å². The molecule has 0 radical (unpaired) electrons. The van der Waals surface area contributed by atoms with Crippen LogP contribution in [0.3, 0.4) is 0 Å². The molecule has 3 atom stereocenters. The number of fused-ring (bicyclic) bond motifs is 1. The fourth-order valence-electron chi connectivity index (χ4n) is 2.89. The second-order valence-corrected chi connectivity index (χ2v) is 6.52. The first-order valence-electron chi connectivity index (χ1n) is 10.4. The van der Waals surface area contributed by atoms with Crippen molar-refractivity contribution >= 4 is 17.3 Å². The highest BCUT2D eigenvalue weighted by molar-refractivity contribution is 5.72. The predicted octanol–water partition coefficient (Wildman–Crippen LogP) is 2.78. The molecule has 1 aromatic carbocycles. The van der Waals surface area contributed by atoms with Gasteiger partial charge in [0.1, 0.15) is 29.9 Å². The summed E-state index contributed by atoms with van der Waals surface area (Å²) in [6, 6.07) is 11.8. The molecule has 0 aliphatic carbocycles. The summed E-state index contributed by atoms with van der Waals surface area (Å²) in [6.07, 6.45) is 2.15. The zero-order valence-electron chi connectivity index (χ0n) is 19.2. The van der Waals surface area contributed by atoms with E-state index in [1.54, 1.807) is 29.6 Å². The third-order valence-electron chi connectivity index (χ3n) is 4.57. The van der Waals surface area contributed by atoms with Crippen LogP contribution in [0.15, 0.2) is 48.9 Å². The van der Waals surface area contributed by atoms with Crippen molar-refractivity contribution in [2.45, 2.75) is 39.4 Å². The summed E-state index contributed by atoms with van der Waals surface area (Å²) in [5, 5.41) is 19.7. The molecule has 3 aromatic rings. The molecule has 1 saturated heterocycles. The normalized spacial score (nSPS) is 18.4. The van der Waals surface area contributed by atoms with Crippen LogP contribution in [0.2, 0.25) is 0 Å². The molecule has 33 heavy (non-hydrogen) atoms. The summed E-state index contributed by atoms with van der Waals surface area (Å²) in [6.45, 7) is 6.00. The van der Waals surface area contributed by atoms with Gasteiger partial charge in [0.2, 0.25) is 0 Å². The van der Waals surface area contributed by atoms with Gasteiger partial charge in [0.15, 0.2) is 5.82 Å².